The molecule has 0 aliphatic carbocycles. The van der Waals surface area contributed by atoms with Crippen LogP contribution in [0, 0.1) is 0 Å². The number of nitrogens with zero attached hydrogens (tertiary/aromatic N) is 1. The molecule has 1 unspecified atom stereocenters. The fourth-order valence-corrected chi connectivity index (χ4v) is 7.38. The monoisotopic (exact) mass is 808 g/mol. The van der Waals surface area contributed by atoms with Crippen molar-refractivity contribution in [1.82, 2.24) is 20.3 Å². The molecule has 3 aromatic carbocycles. The number of hydrogen-bond acceptors (Lipinski definition) is 10. The first-order valence-corrected chi connectivity index (χ1v) is 20.1. The van der Waals surface area contributed by atoms with Gasteiger partial charge in [-0.25, -0.2) is 13.1 Å². The third-order valence-electron chi connectivity index (χ3n) is 8.37. The van der Waals surface area contributed by atoms with Crippen LogP contribution < -0.4 is 15.4 Å². The van der Waals surface area contributed by atoms with Crippen molar-refractivity contribution in [1.29, 1.82) is 0 Å². The van der Waals surface area contributed by atoms with Crippen molar-refractivity contribution in [2.24, 2.45) is 0 Å². The Morgan fingerprint density at radius 2 is 1.30 bits per heavy atom. The van der Waals surface area contributed by atoms with E-state index >= 15 is 0 Å². The highest BCUT2D eigenvalue weighted by Crippen LogP contribution is 2.38. The highest BCUT2D eigenvalue weighted by atomic mass is 35.5. The smallest absolute Gasteiger partial charge is 0.251 e. The molecule has 0 fully saturated rings. The minimum atomic E-state index is -3.77. The standard InChI is InChI=1S/C38H50Cl2N4O9S/c1-3-49-16-17-50-13-10-41-37(45)29-7-4-8-30(22-29)38(46)42-11-14-51-18-20-53-21-19-52-15-12-43-54(47,48)32-9-5-6-28(23-32)34-26-44(2)27-35-33(34)24-31(39)25-36(35)40/h4-9,22-25,34,43H,3,10-21,26-27H2,1-2H3,(H,41,45)(H,42,46). The van der Waals surface area contributed by atoms with Crippen LogP contribution in [0.1, 0.15) is 50.2 Å². The Morgan fingerprint density at radius 3 is 1.91 bits per heavy atom. The number of ether oxygens (including phenoxy) is 5. The number of benzene rings is 3. The van der Waals surface area contributed by atoms with Crippen LogP contribution in [0.4, 0.5) is 0 Å². The molecule has 13 nitrogen and oxygen atoms in total. The van der Waals surface area contributed by atoms with Gasteiger partial charge in [0.2, 0.25) is 10.0 Å². The Kier molecular flexibility index (Phi) is 18.6. The van der Waals surface area contributed by atoms with Crippen LogP contribution in [-0.2, 0) is 40.3 Å². The Labute approximate surface area is 328 Å². The van der Waals surface area contributed by atoms with Crippen molar-refractivity contribution in [3.05, 3.63) is 98.5 Å². The Balaban J connectivity index is 1.04. The first-order chi connectivity index (χ1) is 26.1. The molecule has 3 aromatic rings. The molecule has 3 N–H and O–H groups in total. The highest BCUT2D eigenvalue weighted by Gasteiger charge is 2.28. The summed E-state index contributed by atoms with van der Waals surface area (Å²) in [6.07, 6.45) is 0. The number of nitrogens with one attached hydrogen (secondary N) is 3. The summed E-state index contributed by atoms with van der Waals surface area (Å²) in [5.41, 5.74) is 3.62. The van der Waals surface area contributed by atoms with E-state index in [0.29, 0.717) is 87.1 Å². The lowest BCUT2D eigenvalue weighted by Crippen LogP contribution is -2.31. The zero-order chi connectivity index (χ0) is 38.8. The maximum atomic E-state index is 13.1. The molecular weight excluding hydrogens is 759 g/mol. The predicted molar refractivity (Wildman–Crippen MR) is 207 cm³/mol. The molecule has 0 radical (unpaired) electrons. The molecule has 1 aliphatic rings. The first-order valence-electron chi connectivity index (χ1n) is 17.9. The van der Waals surface area contributed by atoms with E-state index in [2.05, 4.69) is 20.3 Å². The Morgan fingerprint density at radius 1 is 0.741 bits per heavy atom. The van der Waals surface area contributed by atoms with Crippen molar-refractivity contribution in [3.8, 4) is 0 Å². The molecule has 1 aliphatic heterocycles. The third-order valence-corrected chi connectivity index (χ3v) is 10.4. The van der Waals surface area contributed by atoms with Gasteiger partial charge in [0.15, 0.2) is 0 Å². The van der Waals surface area contributed by atoms with Gasteiger partial charge in [-0.1, -0.05) is 41.4 Å². The minimum absolute atomic E-state index is 0.0797. The van der Waals surface area contributed by atoms with Crippen molar-refractivity contribution in [2.75, 3.05) is 99.3 Å². The van der Waals surface area contributed by atoms with E-state index in [1.54, 1.807) is 42.5 Å². The van der Waals surface area contributed by atoms with Gasteiger partial charge < -0.3 is 39.2 Å². The van der Waals surface area contributed by atoms with Gasteiger partial charge in [-0.15, -0.1) is 0 Å². The van der Waals surface area contributed by atoms with Gasteiger partial charge in [0.05, 0.1) is 64.4 Å². The maximum Gasteiger partial charge on any atom is 0.251 e. The van der Waals surface area contributed by atoms with Crippen molar-refractivity contribution >= 4 is 45.0 Å². The van der Waals surface area contributed by atoms with Crippen LogP contribution in [0.2, 0.25) is 10.0 Å². The van der Waals surface area contributed by atoms with Gasteiger partial charge in [-0.2, -0.15) is 0 Å². The second kappa shape index (κ2) is 23.0. The zero-order valence-corrected chi connectivity index (χ0v) is 33.1. The van der Waals surface area contributed by atoms with Gasteiger partial charge in [-0.3, -0.25) is 9.59 Å². The number of likely N-dealkylation sites (N-methyl/N-ethyl adjacent to an activating group) is 1. The van der Waals surface area contributed by atoms with Gasteiger partial charge in [0.25, 0.3) is 11.8 Å². The molecule has 2 amide bonds. The van der Waals surface area contributed by atoms with E-state index in [1.165, 1.54) is 6.07 Å². The molecule has 0 aromatic heterocycles. The van der Waals surface area contributed by atoms with Gasteiger partial charge in [0, 0.05) is 66.4 Å². The highest BCUT2D eigenvalue weighted by molar-refractivity contribution is 7.89. The van der Waals surface area contributed by atoms with Crippen LogP contribution in [0.3, 0.4) is 0 Å². The van der Waals surface area contributed by atoms with E-state index in [4.69, 9.17) is 46.9 Å². The van der Waals surface area contributed by atoms with Crippen molar-refractivity contribution in [3.63, 3.8) is 0 Å². The minimum Gasteiger partial charge on any atom is -0.379 e. The van der Waals surface area contributed by atoms with Crippen LogP contribution >= 0.6 is 23.2 Å². The Bertz CT molecular complexity index is 1770. The van der Waals surface area contributed by atoms with E-state index < -0.39 is 10.0 Å². The van der Waals surface area contributed by atoms with Gasteiger partial charge in [0.1, 0.15) is 0 Å². The maximum absolute atomic E-state index is 13.1. The number of halogens is 2. The number of carbonyl (C=O) groups is 2. The normalized spacial score (nSPS) is 14.5. The van der Waals surface area contributed by atoms with E-state index in [-0.39, 0.29) is 55.5 Å². The average Bonchev–Trinajstić information content (AvgIpc) is 3.16. The zero-order valence-electron chi connectivity index (χ0n) is 30.7. The molecular formula is C38H50Cl2N4O9S. The predicted octanol–water partition coefficient (Wildman–Crippen LogP) is 4.11. The third kappa shape index (κ3) is 14.2. The van der Waals surface area contributed by atoms with Crippen LogP contribution in [0.25, 0.3) is 0 Å². The lowest BCUT2D eigenvalue weighted by molar-refractivity contribution is 0.0162. The van der Waals surface area contributed by atoms with Crippen LogP contribution in [0.15, 0.2) is 65.6 Å². The summed E-state index contributed by atoms with van der Waals surface area (Å²) in [5, 5.41) is 6.69. The first kappa shape index (κ1) is 43.6. The summed E-state index contributed by atoms with van der Waals surface area (Å²) >= 11 is 12.8. The molecule has 4 rings (SSSR count). The Hall–Kier alpha value is -3.15. The summed E-state index contributed by atoms with van der Waals surface area (Å²) < 4.78 is 55.9. The van der Waals surface area contributed by atoms with E-state index in [1.807, 2.05) is 26.1 Å². The van der Waals surface area contributed by atoms with Gasteiger partial charge >= 0.3 is 0 Å². The molecule has 1 heterocycles. The molecule has 1 atom stereocenters. The number of sulfonamides is 1. The number of fused-ring (bicyclic) bond motifs is 1. The lowest BCUT2D eigenvalue weighted by atomic mass is 9.85. The average molecular weight is 810 g/mol. The van der Waals surface area contributed by atoms with E-state index in [9.17, 15) is 18.0 Å². The van der Waals surface area contributed by atoms with Crippen LogP contribution in [0.5, 0.6) is 0 Å². The quantitative estimate of drug-likeness (QED) is 0.113. The SMILES string of the molecule is CCOCCOCCNC(=O)c1cccc(C(=O)NCCOCCOCCOCCNS(=O)(=O)c2cccc(C3CN(C)Cc4c(Cl)cc(Cl)cc43)c2)c1. The fraction of sp³-hybridized carbons (Fsp3) is 0.474. The number of amides is 2. The summed E-state index contributed by atoms with van der Waals surface area (Å²) in [4.78, 5) is 27.3. The summed E-state index contributed by atoms with van der Waals surface area (Å²) in [7, 11) is -1.76. The lowest BCUT2D eigenvalue weighted by Gasteiger charge is -2.33. The largest absolute Gasteiger partial charge is 0.379 e. The number of hydrogen-bond donors (Lipinski definition) is 3. The summed E-state index contributed by atoms with van der Waals surface area (Å²) in [5.74, 6) is -0.683. The fourth-order valence-electron chi connectivity index (χ4n) is 5.75. The molecule has 0 saturated carbocycles. The molecule has 0 bridgehead atoms. The van der Waals surface area contributed by atoms with Crippen LogP contribution in [-0.4, -0.2) is 124 Å². The van der Waals surface area contributed by atoms with Crippen molar-refractivity contribution < 1.29 is 41.7 Å². The second-order valence-electron chi connectivity index (χ2n) is 12.4. The molecule has 296 valence electrons. The van der Waals surface area contributed by atoms with E-state index in [0.717, 1.165) is 16.7 Å². The number of rotatable bonds is 24. The second-order valence-corrected chi connectivity index (χ2v) is 15.0. The molecule has 16 heteroatoms. The molecule has 54 heavy (non-hydrogen) atoms. The molecule has 0 saturated heterocycles. The van der Waals surface area contributed by atoms with Crippen molar-refractivity contribution in [2.45, 2.75) is 24.3 Å². The summed E-state index contributed by atoms with van der Waals surface area (Å²) in [6.45, 7) is 7.71. The van der Waals surface area contributed by atoms with Gasteiger partial charge in [-0.05, 0) is 73.1 Å². The summed E-state index contributed by atoms with van der Waals surface area (Å²) in [6, 6.07) is 17.1. The molecule has 0 spiro atoms. The number of carbonyl (C=O) groups excluding carboxylic acids is 2. The topological polar surface area (TPSA) is 154 Å².